The highest BCUT2D eigenvalue weighted by Gasteiger charge is 2.45. The Morgan fingerprint density at radius 2 is 1.41 bits per heavy atom. The number of carbonyl (C=O) groups is 2. The molecule has 3 atom stereocenters. The van der Waals surface area contributed by atoms with Crippen molar-refractivity contribution < 1.29 is 52.3 Å². The van der Waals surface area contributed by atoms with E-state index in [9.17, 15) is 19.0 Å². The SMILES string of the molecule is CCC(C(ON1C(=O)c2ccccc2C1=O)c1ccc(OCOCCOC)c(OCOCCOC)c1)[P+](=O)O. The van der Waals surface area contributed by atoms with E-state index in [2.05, 4.69) is 0 Å². The molecular weight excluding hydrogens is 533 g/mol. The molecule has 13 heteroatoms. The van der Waals surface area contributed by atoms with Crippen molar-refractivity contribution in [2.45, 2.75) is 25.1 Å². The van der Waals surface area contributed by atoms with Crippen molar-refractivity contribution in [3.8, 4) is 11.5 Å². The van der Waals surface area contributed by atoms with Crippen molar-refractivity contribution in [1.82, 2.24) is 5.06 Å². The maximum absolute atomic E-state index is 12.9. The summed E-state index contributed by atoms with van der Waals surface area (Å²) < 4.78 is 44.5. The summed E-state index contributed by atoms with van der Waals surface area (Å²) in [6.07, 6.45) is -0.920. The standard InChI is InChI=1S/C26H32NO11P/c1-4-23(39(30)31)24(38-27-25(28)19-7-5-6-8-20(19)26(27)29)18-9-10-21(36-16-34-13-11-32-2)22(15-18)37-17-35-14-12-33-3/h5-10,15,23-24H,4,11-14,16-17H2,1-3H3/p+1. The van der Waals surface area contributed by atoms with Gasteiger partial charge in [0.25, 0.3) is 11.8 Å². The highest BCUT2D eigenvalue weighted by Crippen LogP contribution is 2.42. The molecule has 212 valence electrons. The van der Waals surface area contributed by atoms with Gasteiger partial charge in [-0.2, -0.15) is 4.89 Å². The number of imide groups is 1. The van der Waals surface area contributed by atoms with Crippen LogP contribution in [0.4, 0.5) is 0 Å². The molecule has 3 unspecified atom stereocenters. The third kappa shape index (κ3) is 8.02. The smallest absolute Gasteiger partial charge is 0.464 e. The van der Waals surface area contributed by atoms with Crippen LogP contribution in [-0.4, -0.2) is 81.7 Å². The van der Waals surface area contributed by atoms with Gasteiger partial charge in [-0.15, -0.1) is 5.06 Å². The zero-order valence-corrected chi connectivity index (χ0v) is 23.0. The largest absolute Gasteiger partial charge is 0.511 e. The van der Waals surface area contributed by atoms with E-state index in [4.69, 9.17) is 33.3 Å². The fourth-order valence-corrected chi connectivity index (χ4v) is 4.53. The first-order chi connectivity index (χ1) is 18.9. The highest BCUT2D eigenvalue weighted by atomic mass is 31.1. The second-order valence-corrected chi connectivity index (χ2v) is 9.56. The van der Waals surface area contributed by atoms with E-state index >= 15 is 0 Å². The minimum absolute atomic E-state index is 0.0847. The number of hydrogen-bond donors (Lipinski definition) is 1. The summed E-state index contributed by atoms with van der Waals surface area (Å²) in [6.45, 7) is 2.87. The van der Waals surface area contributed by atoms with Gasteiger partial charge in [0.1, 0.15) is 0 Å². The predicted octanol–water partition coefficient (Wildman–Crippen LogP) is 3.47. The molecule has 1 heterocycles. The van der Waals surface area contributed by atoms with Crippen LogP contribution in [0.1, 0.15) is 45.7 Å². The summed E-state index contributed by atoms with van der Waals surface area (Å²) in [6, 6.07) is 11.1. The first kappa shape index (κ1) is 30.6. The fraction of sp³-hybridized carbons (Fsp3) is 0.462. The minimum Gasteiger partial charge on any atom is -0.464 e. The van der Waals surface area contributed by atoms with Crippen molar-refractivity contribution in [2.75, 3.05) is 54.2 Å². The molecule has 0 saturated carbocycles. The molecule has 1 aliphatic heterocycles. The zero-order chi connectivity index (χ0) is 28.2. The van der Waals surface area contributed by atoms with E-state index in [1.165, 1.54) is 12.1 Å². The number of hydrogen-bond acceptors (Lipinski definition) is 10. The lowest BCUT2D eigenvalue weighted by molar-refractivity contribution is -0.135. The summed E-state index contributed by atoms with van der Waals surface area (Å²) >= 11 is 0. The molecule has 0 aliphatic carbocycles. The molecule has 0 fully saturated rings. The van der Waals surface area contributed by atoms with Crippen molar-refractivity contribution in [1.29, 1.82) is 0 Å². The molecule has 0 spiro atoms. The first-order valence-electron chi connectivity index (χ1n) is 12.3. The first-order valence-corrected chi connectivity index (χ1v) is 13.5. The van der Waals surface area contributed by atoms with Crippen LogP contribution in [0.15, 0.2) is 42.5 Å². The monoisotopic (exact) mass is 566 g/mol. The Bertz CT molecular complexity index is 1090. The third-order valence-corrected chi connectivity index (χ3v) is 6.99. The van der Waals surface area contributed by atoms with Crippen LogP contribution in [0.25, 0.3) is 0 Å². The molecule has 2 aromatic rings. The van der Waals surface area contributed by atoms with Crippen molar-refractivity contribution >= 4 is 19.8 Å². The van der Waals surface area contributed by atoms with Crippen LogP contribution in [0.2, 0.25) is 0 Å². The van der Waals surface area contributed by atoms with Gasteiger partial charge < -0.3 is 28.4 Å². The molecule has 0 radical (unpaired) electrons. The molecule has 1 aliphatic rings. The quantitative estimate of drug-likeness (QED) is 0.123. The molecule has 0 saturated heterocycles. The van der Waals surface area contributed by atoms with Crippen LogP contribution in [0.5, 0.6) is 11.5 Å². The van der Waals surface area contributed by atoms with Crippen LogP contribution < -0.4 is 9.47 Å². The lowest BCUT2D eigenvalue weighted by Crippen LogP contribution is -2.34. The van der Waals surface area contributed by atoms with Gasteiger partial charge in [0.05, 0.1) is 37.6 Å². The highest BCUT2D eigenvalue weighted by molar-refractivity contribution is 7.39. The molecule has 39 heavy (non-hydrogen) atoms. The maximum Gasteiger partial charge on any atom is 0.511 e. The van der Waals surface area contributed by atoms with E-state index in [-0.39, 0.29) is 36.9 Å². The van der Waals surface area contributed by atoms with Crippen LogP contribution in [0.3, 0.4) is 0 Å². The molecular formula is C26H33NO11P+. The van der Waals surface area contributed by atoms with Crippen LogP contribution >= 0.6 is 8.03 Å². The number of fused-ring (bicyclic) bond motifs is 1. The molecule has 0 aromatic heterocycles. The van der Waals surface area contributed by atoms with E-state index in [1.54, 1.807) is 51.5 Å². The Morgan fingerprint density at radius 3 is 1.92 bits per heavy atom. The Kier molecular flexibility index (Phi) is 12.2. The zero-order valence-electron chi connectivity index (χ0n) is 22.1. The number of carbonyl (C=O) groups excluding carboxylic acids is 2. The average Bonchev–Trinajstić information content (AvgIpc) is 3.17. The van der Waals surface area contributed by atoms with Gasteiger partial charge >= 0.3 is 8.03 Å². The van der Waals surface area contributed by atoms with Crippen molar-refractivity contribution in [3.05, 3.63) is 59.2 Å². The van der Waals surface area contributed by atoms with Gasteiger partial charge in [-0.05, 0) is 40.8 Å². The third-order valence-electron chi connectivity index (χ3n) is 5.78. The van der Waals surface area contributed by atoms with Gasteiger partial charge in [-0.25, -0.2) is 4.84 Å². The van der Waals surface area contributed by atoms with Gasteiger partial charge in [0.15, 0.2) is 31.2 Å². The van der Waals surface area contributed by atoms with Crippen molar-refractivity contribution in [3.63, 3.8) is 0 Å². The van der Waals surface area contributed by atoms with E-state index in [1.807, 2.05) is 0 Å². The Morgan fingerprint density at radius 1 is 0.846 bits per heavy atom. The lowest BCUT2D eigenvalue weighted by atomic mass is 10.0. The number of nitrogens with zero attached hydrogens (tertiary/aromatic N) is 1. The Hall–Kier alpha value is -2.96. The van der Waals surface area contributed by atoms with Crippen LogP contribution in [0, 0.1) is 0 Å². The second kappa shape index (κ2) is 15.6. The number of rotatable bonds is 18. The topological polar surface area (TPSA) is 139 Å². The number of amides is 2. The van der Waals surface area contributed by atoms with Gasteiger partial charge in [0, 0.05) is 14.2 Å². The minimum atomic E-state index is -2.75. The number of methoxy groups -OCH3 is 2. The molecule has 2 amide bonds. The summed E-state index contributed by atoms with van der Waals surface area (Å²) in [5.74, 6) is -0.758. The van der Waals surface area contributed by atoms with Gasteiger partial charge in [-0.1, -0.05) is 25.1 Å². The van der Waals surface area contributed by atoms with E-state index < -0.39 is 31.6 Å². The van der Waals surface area contributed by atoms with Crippen LogP contribution in [-0.2, 0) is 28.4 Å². The number of hydroxylamine groups is 2. The van der Waals surface area contributed by atoms with E-state index in [0.717, 1.165) is 0 Å². The number of ether oxygens (including phenoxy) is 6. The normalized spacial score (nSPS) is 14.8. The number of benzene rings is 2. The maximum atomic E-state index is 12.9. The molecule has 1 N–H and O–H groups in total. The molecule has 0 bridgehead atoms. The van der Waals surface area contributed by atoms with Gasteiger partial charge in [-0.3, -0.25) is 9.59 Å². The summed E-state index contributed by atoms with van der Waals surface area (Å²) in [5, 5.41) is 0.638. The predicted molar refractivity (Wildman–Crippen MR) is 138 cm³/mol. The molecule has 3 rings (SSSR count). The van der Waals surface area contributed by atoms with Gasteiger partial charge in [0.2, 0.25) is 5.66 Å². The Balaban J connectivity index is 1.88. The van der Waals surface area contributed by atoms with Crippen molar-refractivity contribution in [2.24, 2.45) is 0 Å². The summed E-state index contributed by atoms with van der Waals surface area (Å²) in [7, 11) is 0.356. The van der Waals surface area contributed by atoms with E-state index in [0.29, 0.717) is 42.8 Å². The molecule has 12 nitrogen and oxygen atoms in total. The second-order valence-electron chi connectivity index (χ2n) is 8.29. The summed E-state index contributed by atoms with van der Waals surface area (Å²) in [4.78, 5) is 41.9. The Labute approximate surface area is 227 Å². The summed E-state index contributed by atoms with van der Waals surface area (Å²) in [5.41, 5.74) is -0.177. The molecule has 2 aromatic carbocycles. The fourth-order valence-electron chi connectivity index (χ4n) is 3.76. The average molecular weight is 567 g/mol. The lowest BCUT2D eigenvalue weighted by Gasteiger charge is -2.24.